The summed E-state index contributed by atoms with van der Waals surface area (Å²) in [5, 5.41) is 6.76. The minimum Gasteiger partial charge on any atom is -0.469 e. The first-order valence-corrected chi connectivity index (χ1v) is 8.73. The molecule has 2 aromatic rings. The second kappa shape index (κ2) is 9.89. The molecule has 0 aliphatic carbocycles. The number of methoxy groups -OCH3 is 1. The second-order valence-corrected chi connectivity index (χ2v) is 6.55. The van der Waals surface area contributed by atoms with Gasteiger partial charge in [-0.3, -0.25) is 4.99 Å². The van der Waals surface area contributed by atoms with Gasteiger partial charge in [0.15, 0.2) is 5.96 Å². The van der Waals surface area contributed by atoms with E-state index in [0.29, 0.717) is 6.54 Å². The zero-order valence-corrected chi connectivity index (χ0v) is 15.4. The van der Waals surface area contributed by atoms with Crippen LogP contribution in [0.2, 0.25) is 0 Å². The van der Waals surface area contributed by atoms with E-state index >= 15 is 0 Å². The molecule has 0 unspecified atom stereocenters. The number of hydrogen-bond donors (Lipinski definition) is 2. The van der Waals surface area contributed by atoms with Gasteiger partial charge in [0.1, 0.15) is 5.76 Å². The Labute approximate surface area is 150 Å². The molecule has 0 saturated heterocycles. The molecule has 2 rings (SSSR count). The maximum atomic E-state index is 5.45. The van der Waals surface area contributed by atoms with Crippen molar-refractivity contribution in [2.75, 3.05) is 26.7 Å². The van der Waals surface area contributed by atoms with Crippen LogP contribution in [-0.4, -0.2) is 38.3 Å². The molecule has 136 valence electrons. The monoisotopic (exact) mass is 343 g/mol. The number of rotatable bonds is 9. The van der Waals surface area contributed by atoms with Crippen LogP contribution in [0.15, 0.2) is 58.1 Å². The van der Waals surface area contributed by atoms with E-state index in [0.717, 1.165) is 37.7 Å². The van der Waals surface area contributed by atoms with Gasteiger partial charge in [-0.1, -0.05) is 30.3 Å². The van der Waals surface area contributed by atoms with E-state index in [2.05, 4.69) is 39.9 Å². The molecule has 0 saturated carbocycles. The van der Waals surface area contributed by atoms with Crippen molar-refractivity contribution in [1.82, 2.24) is 10.6 Å². The Kier molecular flexibility index (Phi) is 7.54. The van der Waals surface area contributed by atoms with E-state index in [4.69, 9.17) is 9.15 Å². The topological polar surface area (TPSA) is 58.8 Å². The Morgan fingerprint density at radius 2 is 1.76 bits per heavy atom. The Hall–Kier alpha value is -2.27. The molecule has 0 aliphatic heterocycles. The zero-order chi connectivity index (χ0) is 18.0. The first-order chi connectivity index (χ1) is 12.1. The minimum absolute atomic E-state index is 0.283. The molecule has 1 heterocycles. The zero-order valence-electron chi connectivity index (χ0n) is 15.4. The van der Waals surface area contributed by atoms with Crippen molar-refractivity contribution in [3.63, 3.8) is 0 Å². The van der Waals surface area contributed by atoms with Gasteiger partial charge in [-0.15, -0.1) is 0 Å². The molecular weight excluding hydrogens is 314 g/mol. The first kappa shape index (κ1) is 19.1. The molecule has 1 aromatic heterocycles. The Morgan fingerprint density at radius 1 is 1.04 bits per heavy atom. The lowest BCUT2D eigenvalue weighted by Gasteiger charge is -2.21. The summed E-state index contributed by atoms with van der Waals surface area (Å²) in [6.45, 7) is 6.23. The third kappa shape index (κ3) is 7.44. The predicted molar refractivity (Wildman–Crippen MR) is 102 cm³/mol. The van der Waals surface area contributed by atoms with Gasteiger partial charge in [0.05, 0.1) is 18.4 Å². The number of nitrogens with one attached hydrogen (secondary N) is 2. The lowest BCUT2D eigenvalue weighted by Crippen LogP contribution is -2.41. The Balaban J connectivity index is 1.85. The second-order valence-electron chi connectivity index (χ2n) is 6.55. The number of guanidine groups is 1. The molecule has 0 bridgehead atoms. The first-order valence-electron chi connectivity index (χ1n) is 8.73. The van der Waals surface area contributed by atoms with E-state index in [1.54, 1.807) is 13.4 Å². The molecule has 0 aliphatic rings. The summed E-state index contributed by atoms with van der Waals surface area (Å²) in [4.78, 5) is 4.66. The van der Waals surface area contributed by atoms with Crippen molar-refractivity contribution in [2.24, 2.45) is 4.99 Å². The highest BCUT2D eigenvalue weighted by atomic mass is 16.5. The van der Waals surface area contributed by atoms with Crippen molar-refractivity contribution >= 4 is 5.96 Å². The standard InChI is InChI=1S/C20H29N3O2/c1-20(2,24-3)16-23-19(22-14-12-18-10-7-15-25-18)21-13-11-17-8-5-4-6-9-17/h4-10,15H,11-14,16H2,1-3H3,(H2,21,22,23). The minimum atomic E-state index is -0.283. The number of hydrogen-bond acceptors (Lipinski definition) is 3. The summed E-state index contributed by atoms with van der Waals surface area (Å²) in [5.74, 6) is 1.76. The summed E-state index contributed by atoms with van der Waals surface area (Å²) in [7, 11) is 1.71. The molecule has 25 heavy (non-hydrogen) atoms. The largest absolute Gasteiger partial charge is 0.469 e. The van der Waals surface area contributed by atoms with Gasteiger partial charge < -0.3 is 19.8 Å². The Bertz CT molecular complexity index is 622. The lowest BCUT2D eigenvalue weighted by molar-refractivity contribution is 0.0310. The number of ether oxygens (including phenoxy) is 1. The van der Waals surface area contributed by atoms with Crippen molar-refractivity contribution < 1.29 is 9.15 Å². The quantitative estimate of drug-likeness (QED) is 0.543. The SMILES string of the molecule is COC(C)(C)CN=C(NCCc1ccccc1)NCCc1ccco1. The van der Waals surface area contributed by atoms with Crippen LogP contribution in [0.5, 0.6) is 0 Å². The van der Waals surface area contributed by atoms with Gasteiger partial charge in [0.25, 0.3) is 0 Å². The number of nitrogens with zero attached hydrogens (tertiary/aromatic N) is 1. The van der Waals surface area contributed by atoms with Crippen LogP contribution in [0.1, 0.15) is 25.2 Å². The van der Waals surface area contributed by atoms with Crippen LogP contribution >= 0.6 is 0 Å². The molecule has 5 heteroatoms. The number of benzene rings is 1. The molecule has 2 N–H and O–H groups in total. The summed E-state index contributed by atoms with van der Waals surface area (Å²) in [6.07, 6.45) is 3.47. The van der Waals surface area contributed by atoms with Gasteiger partial charge in [-0.2, -0.15) is 0 Å². The van der Waals surface area contributed by atoms with Crippen molar-refractivity contribution in [1.29, 1.82) is 0 Å². The maximum Gasteiger partial charge on any atom is 0.191 e. The molecule has 0 amide bonds. The fraction of sp³-hybridized carbons (Fsp3) is 0.450. The molecule has 0 radical (unpaired) electrons. The maximum absolute atomic E-state index is 5.45. The summed E-state index contributed by atoms with van der Waals surface area (Å²) in [5.41, 5.74) is 1.02. The predicted octanol–water partition coefficient (Wildman–Crippen LogP) is 3.03. The Morgan fingerprint density at radius 3 is 2.40 bits per heavy atom. The van der Waals surface area contributed by atoms with Gasteiger partial charge in [0, 0.05) is 26.6 Å². The van der Waals surface area contributed by atoms with Crippen molar-refractivity contribution in [3.8, 4) is 0 Å². The van der Waals surface area contributed by atoms with Gasteiger partial charge in [-0.05, 0) is 38.0 Å². The highest BCUT2D eigenvalue weighted by Gasteiger charge is 2.15. The van der Waals surface area contributed by atoms with E-state index in [1.165, 1.54) is 5.56 Å². The van der Waals surface area contributed by atoms with E-state index < -0.39 is 0 Å². The van der Waals surface area contributed by atoms with Crippen LogP contribution in [-0.2, 0) is 17.6 Å². The van der Waals surface area contributed by atoms with Crippen LogP contribution in [0, 0.1) is 0 Å². The fourth-order valence-corrected chi connectivity index (χ4v) is 2.24. The average molecular weight is 343 g/mol. The molecule has 0 fully saturated rings. The molecular formula is C20H29N3O2. The highest BCUT2D eigenvalue weighted by molar-refractivity contribution is 5.79. The van der Waals surface area contributed by atoms with Crippen LogP contribution in [0.3, 0.4) is 0 Å². The summed E-state index contributed by atoms with van der Waals surface area (Å²) in [6, 6.07) is 14.3. The number of aliphatic imine (C=N–C) groups is 1. The van der Waals surface area contributed by atoms with Crippen LogP contribution in [0.4, 0.5) is 0 Å². The third-order valence-electron chi connectivity index (χ3n) is 3.96. The third-order valence-corrected chi connectivity index (χ3v) is 3.96. The van der Waals surface area contributed by atoms with Gasteiger partial charge in [0.2, 0.25) is 0 Å². The van der Waals surface area contributed by atoms with Gasteiger partial charge >= 0.3 is 0 Å². The summed E-state index contributed by atoms with van der Waals surface area (Å²) >= 11 is 0. The van der Waals surface area contributed by atoms with E-state index in [-0.39, 0.29) is 5.60 Å². The van der Waals surface area contributed by atoms with Crippen LogP contribution in [0.25, 0.3) is 0 Å². The van der Waals surface area contributed by atoms with Crippen LogP contribution < -0.4 is 10.6 Å². The van der Waals surface area contributed by atoms with E-state index in [1.807, 2.05) is 32.0 Å². The summed E-state index contributed by atoms with van der Waals surface area (Å²) < 4.78 is 10.8. The average Bonchev–Trinajstić information content (AvgIpc) is 3.13. The molecule has 5 nitrogen and oxygen atoms in total. The molecule has 1 aromatic carbocycles. The highest BCUT2D eigenvalue weighted by Crippen LogP contribution is 2.07. The lowest BCUT2D eigenvalue weighted by atomic mass is 10.1. The number of furan rings is 1. The van der Waals surface area contributed by atoms with Crippen molar-refractivity contribution in [3.05, 3.63) is 60.1 Å². The van der Waals surface area contributed by atoms with Crippen molar-refractivity contribution in [2.45, 2.75) is 32.3 Å². The normalized spacial score (nSPS) is 12.2. The molecule has 0 atom stereocenters. The fourth-order valence-electron chi connectivity index (χ4n) is 2.24. The van der Waals surface area contributed by atoms with Gasteiger partial charge in [-0.25, -0.2) is 0 Å². The van der Waals surface area contributed by atoms with E-state index in [9.17, 15) is 0 Å². The molecule has 0 spiro atoms. The smallest absolute Gasteiger partial charge is 0.191 e.